The molecule has 4 N–H and O–H groups in total. The zero-order chi connectivity index (χ0) is 15.7. The average Bonchev–Trinajstić information content (AvgIpc) is 2.42. The van der Waals surface area contributed by atoms with Crippen LogP contribution in [0.3, 0.4) is 0 Å². The van der Waals surface area contributed by atoms with Gasteiger partial charge < -0.3 is 15.6 Å². The van der Waals surface area contributed by atoms with Crippen LogP contribution in [-0.2, 0) is 14.8 Å². The van der Waals surface area contributed by atoms with Crippen molar-refractivity contribution in [3.05, 3.63) is 23.0 Å². The third-order valence-corrected chi connectivity index (χ3v) is 4.96. The number of sulfonamides is 1. The summed E-state index contributed by atoms with van der Waals surface area (Å²) >= 11 is 5.70. The van der Waals surface area contributed by atoms with Gasteiger partial charge in [0.1, 0.15) is 4.90 Å². The molecule has 1 fully saturated rings. The molecule has 1 aliphatic rings. The van der Waals surface area contributed by atoms with Crippen molar-refractivity contribution in [1.29, 1.82) is 0 Å². The largest absolute Gasteiger partial charge is 0.396 e. The highest BCUT2D eigenvalue weighted by Crippen LogP contribution is 2.26. The van der Waals surface area contributed by atoms with Crippen LogP contribution in [0.5, 0.6) is 0 Å². The van der Waals surface area contributed by atoms with Gasteiger partial charge in [0.15, 0.2) is 5.82 Å². The molecule has 0 aromatic heterocycles. The first kappa shape index (κ1) is 16.4. The van der Waals surface area contributed by atoms with E-state index >= 15 is 0 Å². The van der Waals surface area contributed by atoms with Gasteiger partial charge in [-0.3, -0.25) is 0 Å². The second kappa shape index (κ2) is 6.05. The molecule has 0 atom stereocenters. The minimum atomic E-state index is -4.16. The molecule has 9 heteroatoms. The summed E-state index contributed by atoms with van der Waals surface area (Å²) in [6, 6.07) is 2.10. The van der Waals surface area contributed by atoms with E-state index in [9.17, 15) is 17.9 Å². The summed E-state index contributed by atoms with van der Waals surface area (Å²) in [4.78, 5) is -0.636. The predicted molar refractivity (Wildman–Crippen MR) is 76.0 cm³/mol. The Morgan fingerprint density at radius 3 is 2.67 bits per heavy atom. The van der Waals surface area contributed by atoms with Crippen molar-refractivity contribution in [2.24, 2.45) is 0 Å². The summed E-state index contributed by atoms with van der Waals surface area (Å²) in [5.74, 6) is -1.06. The van der Waals surface area contributed by atoms with Crippen LogP contribution in [0.2, 0.25) is 5.02 Å². The fraction of sp³-hybridized carbons (Fsp3) is 0.500. The summed E-state index contributed by atoms with van der Waals surface area (Å²) in [6.07, 6.45) is 0.603. The molecule has 118 valence electrons. The number of anilines is 1. The Morgan fingerprint density at radius 2 is 2.05 bits per heavy atom. The lowest BCUT2D eigenvalue weighted by Gasteiger charge is -2.32. The Hall–Kier alpha value is -0.930. The molecule has 1 aromatic rings. The van der Waals surface area contributed by atoms with Crippen molar-refractivity contribution < 1.29 is 22.7 Å². The standard InChI is InChI=1S/C12H16ClFN2O4S/c13-8-5-9(15)11(14)10(6-8)21(18,19)16-7-12(17)1-3-20-4-2-12/h5-6,16-17H,1-4,7,15H2. The highest BCUT2D eigenvalue weighted by molar-refractivity contribution is 7.89. The number of hydrogen-bond acceptors (Lipinski definition) is 5. The smallest absolute Gasteiger partial charge is 0.243 e. The van der Waals surface area contributed by atoms with E-state index in [-0.39, 0.29) is 17.3 Å². The van der Waals surface area contributed by atoms with E-state index < -0.39 is 26.3 Å². The first-order valence-corrected chi connectivity index (χ1v) is 8.14. The first-order chi connectivity index (χ1) is 9.73. The number of ether oxygens (including phenoxy) is 1. The van der Waals surface area contributed by atoms with E-state index in [1.807, 2.05) is 0 Å². The Morgan fingerprint density at radius 1 is 1.43 bits per heavy atom. The molecule has 0 unspecified atom stereocenters. The molecule has 0 bridgehead atoms. The maximum absolute atomic E-state index is 13.9. The third-order valence-electron chi connectivity index (χ3n) is 3.34. The molecule has 0 saturated carbocycles. The van der Waals surface area contributed by atoms with Gasteiger partial charge in [0.25, 0.3) is 0 Å². The molecule has 1 aliphatic heterocycles. The summed E-state index contributed by atoms with van der Waals surface area (Å²) in [5, 5.41) is 10.2. The quantitative estimate of drug-likeness (QED) is 0.707. The van der Waals surface area contributed by atoms with Crippen LogP contribution >= 0.6 is 11.6 Å². The van der Waals surface area contributed by atoms with Gasteiger partial charge in [-0.05, 0) is 12.1 Å². The van der Waals surface area contributed by atoms with E-state index in [4.69, 9.17) is 22.1 Å². The average molecular weight is 339 g/mol. The van der Waals surface area contributed by atoms with Gasteiger partial charge in [-0.2, -0.15) is 0 Å². The minimum absolute atomic E-state index is 0.0130. The number of nitrogens with one attached hydrogen (secondary N) is 1. The second-order valence-electron chi connectivity index (χ2n) is 4.97. The lowest BCUT2D eigenvalue weighted by atomic mass is 9.95. The zero-order valence-electron chi connectivity index (χ0n) is 11.1. The minimum Gasteiger partial charge on any atom is -0.396 e. The molecule has 2 rings (SSSR count). The van der Waals surface area contributed by atoms with Crippen molar-refractivity contribution in [3.63, 3.8) is 0 Å². The van der Waals surface area contributed by atoms with E-state index in [0.29, 0.717) is 26.1 Å². The molecule has 6 nitrogen and oxygen atoms in total. The van der Waals surface area contributed by atoms with Crippen LogP contribution < -0.4 is 10.5 Å². The van der Waals surface area contributed by atoms with Gasteiger partial charge in [-0.25, -0.2) is 17.5 Å². The highest BCUT2D eigenvalue weighted by atomic mass is 35.5. The Labute approximate surface area is 127 Å². The third kappa shape index (κ3) is 3.83. The van der Waals surface area contributed by atoms with Crippen LogP contribution in [0.15, 0.2) is 17.0 Å². The van der Waals surface area contributed by atoms with Crippen LogP contribution in [-0.4, -0.2) is 38.9 Å². The van der Waals surface area contributed by atoms with Gasteiger partial charge in [-0.15, -0.1) is 0 Å². The van der Waals surface area contributed by atoms with Crippen LogP contribution in [0.1, 0.15) is 12.8 Å². The van der Waals surface area contributed by atoms with Gasteiger partial charge >= 0.3 is 0 Å². The molecule has 0 radical (unpaired) electrons. The lowest BCUT2D eigenvalue weighted by Crippen LogP contribution is -2.46. The number of halogens is 2. The van der Waals surface area contributed by atoms with Crippen molar-refractivity contribution in [2.45, 2.75) is 23.3 Å². The van der Waals surface area contributed by atoms with Crippen molar-refractivity contribution in [2.75, 3.05) is 25.5 Å². The van der Waals surface area contributed by atoms with Crippen molar-refractivity contribution in [1.82, 2.24) is 4.72 Å². The maximum atomic E-state index is 13.9. The SMILES string of the molecule is Nc1cc(Cl)cc(S(=O)(=O)NCC2(O)CCOCC2)c1F. The highest BCUT2D eigenvalue weighted by Gasteiger charge is 2.32. The van der Waals surface area contributed by atoms with E-state index in [1.54, 1.807) is 0 Å². The molecular formula is C12H16ClFN2O4S. The first-order valence-electron chi connectivity index (χ1n) is 6.28. The summed E-state index contributed by atoms with van der Waals surface area (Å²) in [7, 11) is -4.16. The number of benzene rings is 1. The second-order valence-corrected chi connectivity index (χ2v) is 7.14. The van der Waals surface area contributed by atoms with Crippen LogP contribution in [0.25, 0.3) is 0 Å². The monoisotopic (exact) mass is 338 g/mol. The Kier molecular flexibility index (Phi) is 4.74. The number of nitrogens with two attached hydrogens (primary N) is 1. The molecule has 1 heterocycles. The summed E-state index contributed by atoms with van der Waals surface area (Å²) < 4.78 is 45.4. The summed E-state index contributed by atoms with van der Waals surface area (Å²) in [6.45, 7) is 0.456. The topological polar surface area (TPSA) is 102 Å². The lowest BCUT2D eigenvalue weighted by molar-refractivity contribution is -0.0588. The molecule has 1 saturated heterocycles. The van der Waals surface area contributed by atoms with E-state index in [2.05, 4.69) is 4.72 Å². The Balaban J connectivity index is 2.19. The molecule has 1 aromatic carbocycles. The number of rotatable bonds is 4. The number of aliphatic hydroxyl groups is 1. The molecule has 21 heavy (non-hydrogen) atoms. The molecule has 0 spiro atoms. The van der Waals surface area contributed by atoms with E-state index in [1.165, 1.54) is 0 Å². The zero-order valence-corrected chi connectivity index (χ0v) is 12.7. The maximum Gasteiger partial charge on any atom is 0.243 e. The fourth-order valence-corrected chi connectivity index (χ4v) is 3.56. The van der Waals surface area contributed by atoms with Crippen LogP contribution in [0.4, 0.5) is 10.1 Å². The Bertz CT molecular complexity index is 632. The van der Waals surface area contributed by atoms with Gasteiger partial charge in [0.2, 0.25) is 10.0 Å². The molecule has 0 amide bonds. The molecule has 0 aliphatic carbocycles. The van der Waals surface area contributed by atoms with Crippen LogP contribution in [0, 0.1) is 5.82 Å². The number of hydrogen-bond donors (Lipinski definition) is 3. The van der Waals surface area contributed by atoms with Crippen molar-refractivity contribution >= 4 is 27.3 Å². The summed E-state index contributed by atoms with van der Waals surface area (Å²) in [5.41, 5.74) is 3.81. The van der Waals surface area contributed by atoms with E-state index in [0.717, 1.165) is 12.1 Å². The van der Waals surface area contributed by atoms with Crippen molar-refractivity contribution in [3.8, 4) is 0 Å². The fourth-order valence-electron chi connectivity index (χ4n) is 2.02. The van der Waals surface area contributed by atoms with Gasteiger partial charge in [0, 0.05) is 37.6 Å². The normalized spacial score (nSPS) is 18.6. The van der Waals surface area contributed by atoms with Gasteiger partial charge in [-0.1, -0.05) is 11.6 Å². The predicted octanol–water partition coefficient (Wildman–Crippen LogP) is 0.881. The number of nitrogen functional groups attached to an aromatic ring is 1. The van der Waals surface area contributed by atoms with Gasteiger partial charge in [0.05, 0.1) is 11.3 Å². The molecular weight excluding hydrogens is 323 g/mol.